The van der Waals surface area contributed by atoms with Gasteiger partial charge in [0.15, 0.2) is 0 Å². The van der Waals surface area contributed by atoms with E-state index in [0.717, 1.165) is 22.5 Å². The van der Waals surface area contributed by atoms with E-state index in [1.54, 1.807) is 4.68 Å². The van der Waals surface area contributed by atoms with E-state index in [4.69, 9.17) is 9.47 Å². The molecule has 0 saturated carbocycles. The van der Waals surface area contributed by atoms with Crippen molar-refractivity contribution < 1.29 is 14.3 Å². The van der Waals surface area contributed by atoms with E-state index in [2.05, 4.69) is 9.50 Å². The number of aryl methyl sites for hydroxylation is 1. The van der Waals surface area contributed by atoms with Crippen molar-refractivity contribution in [1.82, 2.24) is 14.2 Å². The monoisotopic (exact) mass is 341 g/mol. The number of aromatic nitrogens is 3. The quantitative estimate of drug-likeness (QED) is 0.645. The lowest BCUT2D eigenvalue weighted by Crippen LogP contribution is -2.14. The van der Waals surface area contributed by atoms with Crippen LogP contribution in [0.3, 0.4) is 0 Å². The van der Waals surface area contributed by atoms with Crippen molar-refractivity contribution in [2.75, 3.05) is 6.61 Å². The van der Waals surface area contributed by atoms with Gasteiger partial charge in [0, 0.05) is 25.0 Å². The smallest absolute Gasteiger partial charge is 0.338 e. The molecule has 25 heavy (non-hydrogen) atoms. The van der Waals surface area contributed by atoms with Crippen LogP contribution in [0.2, 0.25) is 0 Å². The Morgan fingerprint density at radius 1 is 1.32 bits per heavy atom. The average Bonchev–Trinajstić information content (AvgIpc) is 3.20. The Morgan fingerprint density at radius 3 is 2.80 bits per heavy atom. The van der Waals surface area contributed by atoms with Crippen LogP contribution in [0.25, 0.3) is 5.52 Å². The second-order valence-electron chi connectivity index (χ2n) is 6.03. The molecule has 1 atom stereocenters. The molecule has 0 saturated heterocycles. The van der Waals surface area contributed by atoms with Crippen LogP contribution in [0, 0.1) is 6.92 Å². The molecule has 3 heterocycles. The summed E-state index contributed by atoms with van der Waals surface area (Å²) in [7, 11) is 1.88. The third-order valence-corrected chi connectivity index (χ3v) is 4.25. The van der Waals surface area contributed by atoms with Crippen molar-refractivity contribution >= 4 is 11.5 Å². The van der Waals surface area contributed by atoms with Crippen molar-refractivity contribution in [1.29, 1.82) is 0 Å². The normalized spacial score (nSPS) is 12.5. The van der Waals surface area contributed by atoms with Crippen molar-refractivity contribution in [2.45, 2.75) is 33.5 Å². The summed E-state index contributed by atoms with van der Waals surface area (Å²) in [6.45, 7) is 6.49. The van der Waals surface area contributed by atoms with E-state index in [1.165, 1.54) is 0 Å². The molecule has 0 fully saturated rings. The van der Waals surface area contributed by atoms with Crippen LogP contribution in [-0.4, -0.2) is 26.8 Å². The molecule has 0 aliphatic heterocycles. The molecule has 3 aromatic heterocycles. The van der Waals surface area contributed by atoms with Gasteiger partial charge in [-0.25, -0.2) is 4.79 Å². The molecule has 3 rings (SSSR count). The maximum Gasteiger partial charge on any atom is 0.338 e. The zero-order chi connectivity index (χ0) is 18.0. The van der Waals surface area contributed by atoms with E-state index in [9.17, 15) is 4.79 Å². The minimum Gasteiger partial charge on any atom is -0.462 e. The Morgan fingerprint density at radius 2 is 2.12 bits per heavy atom. The first-order valence-electron chi connectivity index (χ1n) is 8.39. The zero-order valence-corrected chi connectivity index (χ0v) is 15.0. The summed E-state index contributed by atoms with van der Waals surface area (Å²) < 4.78 is 15.0. The highest BCUT2D eigenvalue weighted by Gasteiger charge is 2.20. The summed E-state index contributed by atoms with van der Waals surface area (Å²) in [5.74, 6) is -0.304. The molecule has 1 unspecified atom stereocenters. The largest absolute Gasteiger partial charge is 0.462 e. The topological polar surface area (TPSA) is 57.8 Å². The fourth-order valence-electron chi connectivity index (χ4n) is 3.06. The summed E-state index contributed by atoms with van der Waals surface area (Å²) in [4.78, 5) is 12.3. The maximum atomic E-state index is 12.3. The molecule has 0 amide bonds. The Balaban J connectivity index is 1.94. The van der Waals surface area contributed by atoms with Gasteiger partial charge in [-0.3, -0.25) is 4.68 Å². The molecular formula is C19H23N3O3. The first-order valence-corrected chi connectivity index (χ1v) is 8.39. The van der Waals surface area contributed by atoms with Crippen molar-refractivity contribution in [3.8, 4) is 0 Å². The molecule has 3 aromatic rings. The molecule has 132 valence electrons. The number of rotatable bonds is 6. The molecular weight excluding hydrogens is 318 g/mol. The Hall–Kier alpha value is -2.60. The minimum atomic E-state index is -0.304. The van der Waals surface area contributed by atoms with Crippen LogP contribution < -0.4 is 0 Å². The van der Waals surface area contributed by atoms with Crippen LogP contribution in [0.4, 0.5) is 0 Å². The minimum absolute atomic E-state index is 0.203. The summed E-state index contributed by atoms with van der Waals surface area (Å²) in [6, 6.07) is 7.72. The van der Waals surface area contributed by atoms with Gasteiger partial charge in [0.05, 0.1) is 36.3 Å². The SMILES string of the molecule is CCOC(=O)c1cc2cccn2c(C(C)OCc2ccn(C)n2)c1C. The predicted molar refractivity (Wildman–Crippen MR) is 94.5 cm³/mol. The van der Waals surface area contributed by atoms with Crippen LogP contribution in [-0.2, 0) is 23.1 Å². The zero-order valence-electron chi connectivity index (χ0n) is 15.0. The van der Waals surface area contributed by atoms with E-state index >= 15 is 0 Å². The second-order valence-corrected chi connectivity index (χ2v) is 6.03. The lowest BCUT2D eigenvalue weighted by molar-refractivity contribution is 0.0456. The Kier molecular flexibility index (Phi) is 4.90. The van der Waals surface area contributed by atoms with Gasteiger partial charge in [0.25, 0.3) is 0 Å². The van der Waals surface area contributed by atoms with Gasteiger partial charge >= 0.3 is 5.97 Å². The van der Waals surface area contributed by atoms with Crippen LogP contribution in [0.15, 0.2) is 36.7 Å². The molecule has 0 aliphatic rings. The van der Waals surface area contributed by atoms with E-state index in [1.807, 2.05) is 64.5 Å². The van der Waals surface area contributed by atoms with Crippen LogP contribution in [0.5, 0.6) is 0 Å². The van der Waals surface area contributed by atoms with Gasteiger partial charge < -0.3 is 13.9 Å². The van der Waals surface area contributed by atoms with Gasteiger partial charge in [-0.05, 0) is 50.6 Å². The van der Waals surface area contributed by atoms with Crippen molar-refractivity contribution in [2.24, 2.45) is 7.05 Å². The number of hydrogen-bond donors (Lipinski definition) is 0. The van der Waals surface area contributed by atoms with Gasteiger partial charge in [-0.2, -0.15) is 5.10 Å². The predicted octanol–water partition coefficient (Wildman–Crippen LogP) is 3.44. The summed E-state index contributed by atoms with van der Waals surface area (Å²) >= 11 is 0. The molecule has 6 heteroatoms. The number of carbonyl (C=O) groups is 1. The first kappa shape index (κ1) is 17.2. The highest BCUT2D eigenvalue weighted by molar-refractivity contribution is 5.92. The second kappa shape index (κ2) is 7.11. The molecule has 6 nitrogen and oxygen atoms in total. The fourth-order valence-corrected chi connectivity index (χ4v) is 3.06. The van der Waals surface area contributed by atoms with E-state index < -0.39 is 0 Å². The molecule has 0 N–H and O–H groups in total. The highest BCUT2D eigenvalue weighted by Crippen LogP contribution is 2.27. The van der Waals surface area contributed by atoms with Crippen molar-refractivity contribution in [3.05, 3.63) is 59.2 Å². The first-order chi connectivity index (χ1) is 12.0. The Bertz CT molecular complexity index is 895. The number of pyridine rings is 1. The molecule has 0 radical (unpaired) electrons. The van der Waals surface area contributed by atoms with Crippen LogP contribution in [0.1, 0.15) is 47.3 Å². The number of ether oxygens (including phenoxy) is 2. The molecule has 0 aromatic carbocycles. The van der Waals surface area contributed by atoms with Crippen molar-refractivity contribution in [3.63, 3.8) is 0 Å². The average molecular weight is 341 g/mol. The maximum absolute atomic E-state index is 12.3. The number of hydrogen-bond acceptors (Lipinski definition) is 4. The number of carbonyl (C=O) groups excluding carboxylic acids is 1. The lowest BCUT2D eigenvalue weighted by Gasteiger charge is -2.20. The standard InChI is InChI=1S/C19H23N3O3/c1-5-24-19(23)17-11-16-7-6-9-22(16)18(13(17)2)14(3)25-12-15-8-10-21(4)20-15/h6-11,14H,5,12H2,1-4H3. The van der Waals surface area contributed by atoms with E-state index in [0.29, 0.717) is 18.8 Å². The lowest BCUT2D eigenvalue weighted by atomic mass is 10.0. The molecule has 0 aliphatic carbocycles. The Labute approximate surface area is 147 Å². The number of fused-ring (bicyclic) bond motifs is 1. The van der Waals surface area contributed by atoms with Crippen LogP contribution >= 0.6 is 0 Å². The van der Waals surface area contributed by atoms with E-state index in [-0.39, 0.29) is 12.1 Å². The number of esters is 1. The summed E-state index contributed by atoms with van der Waals surface area (Å²) in [5.41, 5.74) is 4.21. The van der Waals surface area contributed by atoms with Gasteiger partial charge in [0.2, 0.25) is 0 Å². The highest BCUT2D eigenvalue weighted by atomic mass is 16.5. The van der Waals surface area contributed by atoms with Gasteiger partial charge in [-0.1, -0.05) is 0 Å². The summed E-state index contributed by atoms with van der Waals surface area (Å²) in [6.07, 6.45) is 3.67. The third-order valence-electron chi connectivity index (χ3n) is 4.25. The van der Waals surface area contributed by atoms with Gasteiger partial charge in [0.1, 0.15) is 0 Å². The third kappa shape index (κ3) is 3.44. The fraction of sp³-hybridized carbons (Fsp3) is 0.368. The van der Waals surface area contributed by atoms with Gasteiger partial charge in [-0.15, -0.1) is 0 Å². The molecule has 0 bridgehead atoms. The number of nitrogens with zero attached hydrogens (tertiary/aromatic N) is 3. The summed E-state index contributed by atoms with van der Waals surface area (Å²) in [5, 5.41) is 4.33. The molecule has 0 spiro atoms.